The molecule has 0 fully saturated rings. The molecule has 0 aromatic carbocycles. The van der Waals surface area contributed by atoms with Gasteiger partial charge in [0.15, 0.2) is 0 Å². The predicted molar refractivity (Wildman–Crippen MR) is 48.5 cm³/mol. The van der Waals surface area contributed by atoms with Crippen molar-refractivity contribution in [2.45, 2.75) is 13.0 Å². The number of halogens is 1. The summed E-state index contributed by atoms with van der Waals surface area (Å²) in [6, 6.07) is 0.565. The maximum absolute atomic E-state index is 2.37. The van der Waals surface area contributed by atoms with Crippen LogP contribution >= 0.6 is 22.6 Å². The van der Waals surface area contributed by atoms with E-state index in [1.54, 1.807) is 0 Å². The molecule has 0 aromatic heterocycles. The number of likely N-dealkylation sites (N-methyl/N-ethyl adjacent to an activating group) is 1. The molecule has 2 heteroatoms. The van der Waals surface area contributed by atoms with Gasteiger partial charge in [0.1, 0.15) is 0 Å². The molecule has 0 radical (unpaired) electrons. The summed E-state index contributed by atoms with van der Waals surface area (Å²) in [5.41, 5.74) is 0. The smallest absolute Gasteiger partial charge is 0.0562 e. The molecule has 0 aromatic rings. The molecule has 0 spiro atoms. The van der Waals surface area contributed by atoms with Gasteiger partial charge in [-0.3, -0.25) is 0 Å². The van der Waals surface area contributed by atoms with Crippen molar-refractivity contribution in [3.63, 3.8) is 0 Å². The molecule has 50 valence electrons. The van der Waals surface area contributed by atoms with Gasteiger partial charge in [-0.2, -0.15) is 0 Å². The third-order valence-corrected chi connectivity index (χ3v) is 2.85. The van der Waals surface area contributed by atoms with Crippen LogP contribution in [0.15, 0.2) is 21.9 Å². The van der Waals surface area contributed by atoms with Crippen LogP contribution in [0.3, 0.4) is 0 Å². The van der Waals surface area contributed by atoms with Gasteiger partial charge in [0.2, 0.25) is 0 Å². The molecule has 1 atom stereocenters. The normalized spacial score (nSPS) is 26.3. The zero-order valence-electron chi connectivity index (χ0n) is 5.63. The second-order valence-corrected chi connectivity index (χ2v) is 3.48. The van der Waals surface area contributed by atoms with Crippen LogP contribution in [-0.4, -0.2) is 18.0 Å². The zero-order valence-corrected chi connectivity index (χ0v) is 7.79. The lowest BCUT2D eigenvalue weighted by atomic mass is 10.2. The molecule has 1 rings (SSSR count). The van der Waals surface area contributed by atoms with Crippen molar-refractivity contribution in [2.24, 2.45) is 0 Å². The standard InChI is InChI=1S/C7H10IN/c1-6-7(8)4-3-5-9(6)2/h3-6H,1-2H3. The van der Waals surface area contributed by atoms with Crippen LogP contribution in [0.5, 0.6) is 0 Å². The lowest BCUT2D eigenvalue weighted by Gasteiger charge is -2.25. The summed E-state index contributed by atoms with van der Waals surface area (Å²) in [5, 5.41) is 0. The van der Waals surface area contributed by atoms with E-state index in [1.807, 2.05) is 0 Å². The Kier molecular flexibility index (Phi) is 2.16. The van der Waals surface area contributed by atoms with E-state index in [4.69, 9.17) is 0 Å². The lowest BCUT2D eigenvalue weighted by Crippen LogP contribution is -2.25. The first-order chi connectivity index (χ1) is 4.22. The molecule has 0 saturated heterocycles. The average Bonchev–Trinajstić information content (AvgIpc) is 1.83. The van der Waals surface area contributed by atoms with Crippen molar-refractivity contribution < 1.29 is 0 Å². The van der Waals surface area contributed by atoms with Crippen molar-refractivity contribution in [3.05, 3.63) is 21.9 Å². The average molecular weight is 235 g/mol. The fourth-order valence-corrected chi connectivity index (χ4v) is 1.38. The first kappa shape index (κ1) is 7.12. The maximum Gasteiger partial charge on any atom is 0.0562 e. The van der Waals surface area contributed by atoms with E-state index in [0.29, 0.717) is 6.04 Å². The van der Waals surface area contributed by atoms with Crippen LogP contribution in [0.25, 0.3) is 0 Å². The van der Waals surface area contributed by atoms with Gasteiger partial charge >= 0.3 is 0 Å². The first-order valence-electron chi connectivity index (χ1n) is 2.97. The van der Waals surface area contributed by atoms with Gasteiger partial charge < -0.3 is 4.90 Å². The zero-order chi connectivity index (χ0) is 6.85. The quantitative estimate of drug-likeness (QED) is 0.581. The molecule has 0 saturated carbocycles. The second kappa shape index (κ2) is 2.73. The van der Waals surface area contributed by atoms with Gasteiger partial charge in [-0.25, -0.2) is 0 Å². The largest absolute Gasteiger partial charge is 0.373 e. The van der Waals surface area contributed by atoms with E-state index in [2.05, 4.69) is 59.8 Å². The minimum Gasteiger partial charge on any atom is -0.373 e. The number of nitrogens with zero attached hydrogens (tertiary/aromatic N) is 1. The third kappa shape index (κ3) is 1.47. The number of rotatable bonds is 0. The monoisotopic (exact) mass is 235 g/mol. The van der Waals surface area contributed by atoms with Gasteiger partial charge in [0.25, 0.3) is 0 Å². The highest BCUT2D eigenvalue weighted by Crippen LogP contribution is 2.19. The van der Waals surface area contributed by atoms with E-state index < -0.39 is 0 Å². The van der Waals surface area contributed by atoms with Crippen LogP contribution in [-0.2, 0) is 0 Å². The number of hydrogen-bond acceptors (Lipinski definition) is 1. The van der Waals surface area contributed by atoms with Crippen LogP contribution in [0, 0.1) is 0 Å². The topological polar surface area (TPSA) is 3.24 Å². The molecule has 9 heavy (non-hydrogen) atoms. The molecule has 0 aliphatic carbocycles. The molecule has 1 nitrogen and oxygen atoms in total. The van der Waals surface area contributed by atoms with Crippen molar-refractivity contribution >= 4 is 22.6 Å². The first-order valence-corrected chi connectivity index (χ1v) is 4.05. The summed E-state index contributed by atoms with van der Waals surface area (Å²) in [7, 11) is 2.09. The van der Waals surface area contributed by atoms with Gasteiger partial charge in [0, 0.05) is 10.6 Å². The van der Waals surface area contributed by atoms with Crippen molar-refractivity contribution in [1.82, 2.24) is 4.90 Å². The Morgan fingerprint density at radius 2 is 2.33 bits per heavy atom. The van der Waals surface area contributed by atoms with E-state index in [0.717, 1.165) is 0 Å². The second-order valence-electron chi connectivity index (χ2n) is 2.23. The van der Waals surface area contributed by atoms with Gasteiger partial charge in [-0.05, 0) is 47.9 Å². The SMILES string of the molecule is CC1C(I)=CC=CN1C. The fraction of sp³-hybridized carbons (Fsp3) is 0.429. The Morgan fingerprint density at radius 1 is 1.67 bits per heavy atom. The van der Waals surface area contributed by atoms with Gasteiger partial charge in [0.05, 0.1) is 6.04 Å². The fourth-order valence-electron chi connectivity index (χ4n) is 0.734. The molecule has 0 bridgehead atoms. The molecule has 1 unspecified atom stereocenters. The molecule has 1 aliphatic rings. The van der Waals surface area contributed by atoms with Crippen LogP contribution in [0.4, 0.5) is 0 Å². The van der Waals surface area contributed by atoms with E-state index in [-0.39, 0.29) is 0 Å². The molecular formula is C7H10IN. The predicted octanol–water partition coefficient (Wildman–Crippen LogP) is 2.15. The Labute approximate surface area is 69.6 Å². The molecule has 1 heterocycles. The Bertz CT molecular complexity index is 160. The van der Waals surface area contributed by atoms with E-state index in [9.17, 15) is 0 Å². The third-order valence-electron chi connectivity index (χ3n) is 1.59. The summed E-state index contributed by atoms with van der Waals surface area (Å²) < 4.78 is 1.40. The van der Waals surface area contributed by atoms with E-state index >= 15 is 0 Å². The molecule has 0 amide bonds. The highest BCUT2D eigenvalue weighted by atomic mass is 127. The van der Waals surface area contributed by atoms with Crippen LogP contribution in [0.1, 0.15) is 6.92 Å². The Hall–Kier alpha value is 0.01000. The van der Waals surface area contributed by atoms with Crippen molar-refractivity contribution in [3.8, 4) is 0 Å². The van der Waals surface area contributed by atoms with Crippen molar-refractivity contribution in [1.29, 1.82) is 0 Å². The highest BCUT2D eigenvalue weighted by molar-refractivity contribution is 14.1. The van der Waals surface area contributed by atoms with Gasteiger partial charge in [-0.15, -0.1) is 0 Å². The van der Waals surface area contributed by atoms with Crippen LogP contribution < -0.4 is 0 Å². The minimum atomic E-state index is 0.565. The molecular weight excluding hydrogens is 225 g/mol. The number of allylic oxidation sites excluding steroid dienone is 2. The highest BCUT2D eigenvalue weighted by Gasteiger charge is 2.09. The maximum atomic E-state index is 2.37. The number of hydrogen-bond donors (Lipinski definition) is 0. The Morgan fingerprint density at radius 3 is 2.78 bits per heavy atom. The summed E-state index contributed by atoms with van der Waals surface area (Å²) in [4.78, 5) is 2.20. The van der Waals surface area contributed by atoms with Crippen LogP contribution in [0.2, 0.25) is 0 Å². The summed E-state index contributed by atoms with van der Waals surface area (Å²) in [6.45, 7) is 2.20. The molecule has 0 N–H and O–H groups in total. The summed E-state index contributed by atoms with van der Waals surface area (Å²) >= 11 is 2.37. The minimum absolute atomic E-state index is 0.565. The molecule has 1 aliphatic heterocycles. The summed E-state index contributed by atoms with van der Waals surface area (Å²) in [6.07, 6.45) is 6.31. The van der Waals surface area contributed by atoms with E-state index in [1.165, 1.54) is 3.58 Å². The Balaban J connectivity index is 2.73. The lowest BCUT2D eigenvalue weighted by molar-refractivity contribution is 0.401. The van der Waals surface area contributed by atoms with Crippen molar-refractivity contribution in [2.75, 3.05) is 7.05 Å². The summed E-state index contributed by atoms with van der Waals surface area (Å²) in [5.74, 6) is 0. The van der Waals surface area contributed by atoms with Gasteiger partial charge in [-0.1, -0.05) is 0 Å².